The molecule has 0 spiro atoms. The molecular formula is C30H40N2O3. The van der Waals surface area contributed by atoms with Gasteiger partial charge in [-0.2, -0.15) is 0 Å². The molecule has 0 unspecified atom stereocenters. The maximum Gasteiger partial charge on any atom is 0.246 e. The van der Waals surface area contributed by atoms with Crippen molar-refractivity contribution < 1.29 is 14.3 Å². The molecule has 1 amide bonds. The molecule has 0 saturated heterocycles. The van der Waals surface area contributed by atoms with Gasteiger partial charge in [0.1, 0.15) is 6.61 Å². The van der Waals surface area contributed by atoms with Gasteiger partial charge in [-0.25, -0.2) is 0 Å². The quantitative estimate of drug-likeness (QED) is 0.303. The smallest absolute Gasteiger partial charge is 0.246 e. The lowest BCUT2D eigenvalue weighted by atomic mass is 9.86. The molecule has 188 valence electrons. The van der Waals surface area contributed by atoms with Crippen molar-refractivity contribution in [3.8, 4) is 11.5 Å². The Morgan fingerprint density at radius 1 is 0.971 bits per heavy atom. The van der Waals surface area contributed by atoms with Crippen LogP contribution in [0.15, 0.2) is 66.8 Å². The van der Waals surface area contributed by atoms with Crippen LogP contribution in [0.2, 0.25) is 0 Å². The molecule has 0 bridgehead atoms. The minimum atomic E-state index is 0.0956. The molecule has 0 aromatic heterocycles. The first-order valence-electron chi connectivity index (χ1n) is 12.6. The Hall–Kier alpha value is -3.05. The summed E-state index contributed by atoms with van der Waals surface area (Å²) < 4.78 is 11.5. The summed E-state index contributed by atoms with van der Waals surface area (Å²) in [6, 6.07) is 16.3. The van der Waals surface area contributed by atoms with Crippen LogP contribution in [0, 0.1) is 5.92 Å². The Balaban J connectivity index is 1.60. The van der Waals surface area contributed by atoms with Crippen LogP contribution >= 0.6 is 0 Å². The fourth-order valence-corrected chi connectivity index (χ4v) is 4.38. The predicted molar refractivity (Wildman–Crippen MR) is 144 cm³/mol. The van der Waals surface area contributed by atoms with Crippen molar-refractivity contribution in [1.82, 2.24) is 9.80 Å². The van der Waals surface area contributed by atoms with Crippen LogP contribution in [0.1, 0.15) is 43.7 Å². The SMILES string of the molecule is COc1cc(/C=C/C=C/C(=O)N(CCN(C)C)C2CCC(C)CC2)ccc1OCc1ccccc1. The third-order valence-corrected chi connectivity index (χ3v) is 6.56. The number of rotatable bonds is 11. The fourth-order valence-electron chi connectivity index (χ4n) is 4.38. The molecule has 0 atom stereocenters. The normalized spacial score (nSPS) is 18.3. The summed E-state index contributed by atoms with van der Waals surface area (Å²) in [5.74, 6) is 2.25. The summed E-state index contributed by atoms with van der Waals surface area (Å²) in [5, 5.41) is 0. The molecule has 5 nitrogen and oxygen atoms in total. The van der Waals surface area contributed by atoms with Gasteiger partial charge in [0.15, 0.2) is 11.5 Å². The first-order chi connectivity index (χ1) is 17.0. The third kappa shape index (κ3) is 8.59. The highest BCUT2D eigenvalue weighted by atomic mass is 16.5. The van der Waals surface area contributed by atoms with E-state index < -0.39 is 0 Å². The van der Waals surface area contributed by atoms with Crippen LogP contribution in [0.3, 0.4) is 0 Å². The molecule has 35 heavy (non-hydrogen) atoms. The number of amides is 1. The van der Waals surface area contributed by atoms with Crippen molar-refractivity contribution in [2.75, 3.05) is 34.3 Å². The van der Waals surface area contributed by atoms with Crippen molar-refractivity contribution in [3.05, 3.63) is 77.9 Å². The van der Waals surface area contributed by atoms with Crippen molar-refractivity contribution in [2.45, 2.75) is 45.3 Å². The second-order valence-corrected chi connectivity index (χ2v) is 9.65. The van der Waals surface area contributed by atoms with Crippen molar-refractivity contribution in [1.29, 1.82) is 0 Å². The standard InChI is InChI=1S/C30H40N2O3/c1-24-14-17-27(18-15-24)32(21-20-31(2)3)30(33)13-9-8-10-25-16-19-28(29(22-25)34-4)35-23-26-11-6-5-7-12-26/h5-13,16,19,22,24,27H,14-15,17-18,20-21,23H2,1-4H3/b10-8+,13-9+. The summed E-state index contributed by atoms with van der Waals surface area (Å²) in [6.45, 7) is 4.44. The molecule has 2 aromatic rings. The van der Waals surface area contributed by atoms with Gasteiger partial charge in [0, 0.05) is 25.2 Å². The van der Waals surface area contributed by atoms with E-state index in [-0.39, 0.29) is 5.91 Å². The van der Waals surface area contributed by atoms with E-state index in [9.17, 15) is 4.79 Å². The van der Waals surface area contributed by atoms with Gasteiger partial charge in [-0.3, -0.25) is 4.79 Å². The highest BCUT2D eigenvalue weighted by molar-refractivity contribution is 5.88. The number of hydrogen-bond acceptors (Lipinski definition) is 4. The second-order valence-electron chi connectivity index (χ2n) is 9.65. The van der Waals surface area contributed by atoms with E-state index in [4.69, 9.17) is 9.47 Å². The average molecular weight is 477 g/mol. The average Bonchev–Trinajstić information content (AvgIpc) is 2.87. The summed E-state index contributed by atoms with van der Waals surface area (Å²) >= 11 is 0. The molecule has 0 radical (unpaired) electrons. The molecule has 1 fully saturated rings. The molecule has 1 aliphatic rings. The maximum atomic E-state index is 13.0. The van der Waals surface area contributed by atoms with Crippen LogP contribution in [0.5, 0.6) is 11.5 Å². The van der Waals surface area contributed by atoms with Crippen LogP contribution in [0.4, 0.5) is 0 Å². The number of carbonyl (C=O) groups excluding carboxylic acids is 1. The van der Waals surface area contributed by atoms with Gasteiger partial charge in [-0.05, 0) is 69.0 Å². The van der Waals surface area contributed by atoms with Gasteiger partial charge in [0.2, 0.25) is 5.91 Å². The van der Waals surface area contributed by atoms with E-state index >= 15 is 0 Å². The van der Waals surface area contributed by atoms with Gasteiger partial charge in [0.25, 0.3) is 0 Å². The Morgan fingerprint density at radius 3 is 2.40 bits per heavy atom. The Labute approximate surface area is 211 Å². The number of hydrogen-bond donors (Lipinski definition) is 0. The van der Waals surface area contributed by atoms with Gasteiger partial charge < -0.3 is 19.3 Å². The van der Waals surface area contributed by atoms with Crippen LogP contribution < -0.4 is 9.47 Å². The zero-order chi connectivity index (χ0) is 25.0. The second kappa shape index (κ2) is 13.7. The highest BCUT2D eigenvalue weighted by Gasteiger charge is 2.26. The monoisotopic (exact) mass is 476 g/mol. The zero-order valence-corrected chi connectivity index (χ0v) is 21.7. The third-order valence-electron chi connectivity index (χ3n) is 6.56. The number of allylic oxidation sites excluding steroid dienone is 2. The minimum Gasteiger partial charge on any atom is -0.493 e. The molecule has 0 aliphatic heterocycles. The number of ether oxygens (including phenoxy) is 2. The lowest BCUT2D eigenvalue weighted by Crippen LogP contribution is -2.44. The molecule has 2 aromatic carbocycles. The zero-order valence-electron chi connectivity index (χ0n) is 21.7. The highest BCUT2D eigenvalue weighted by Crippen LogP contribution is 2.30. The number of nitrogens with zero attached hydrogens (tertiary/aromatic N) is 2. The van der Waals surface area contributed by atoms with Gasteiger partial charge in [-0.1, -0.05) is 61.5 Å². The van der Waals surface area contributed by atoms with Crippen molar-refractivity contribution >= 4 is 12.0 Å². The lowest BCUT2D eigenvalue weighted by Gasteiger charge is -2.36. The largest absolute Gasteiger partial charge is 0.493 e. The van der Waals surface area contributed by atoms with E-state index in [0.29, 0.717) is 24.1 Å². The van der Waals surface area contributed by atoms with E-state index in [1.54, 1.807) is 13.2 Å². The van der Waals surface area contributed by atoms with Crippen molar-refractivity contribution in [3.63, 3.8) is 0 Å². The summed E-state index contributed by atoms with van der Waals surface area (Å²) in [5.41, 5.74) is 2.09. The first kappa shape index (κ1) is 26.6. The molecule has 3 rings (SSSR count). The van der Waals surface area contributed by atoms with Crippen LogP contribution in [0.25, 0.3) is 6.08 Å². The Morgan fingerprint density at radius 2 is 1.71 bits per heavy atom. The van der Waals surface area contributed by atoms with E-state index in [1.807, 2.05) is 66.8 Å². The summed E-state index contributed by atoms with van der Waals surface area (Å²) in [6.07, 6.45) is 12.0. The van der Waals surface area contributed by atoms with E-state index in [0.717, 1.165) is 43.0 Å². The molecule has 1 aliphatic carbocycles. The van der Waals surface area contributed by atoms with Gasteiger partial charge in [-0.15, -0.1) is 0 Å². The minimum absolute atomic E-state index is 0.0956. The molecule has 5 heteroatoms. The van der Waals surface area contributed by atoms with Gasteiger partial charge in [0.05, 0.1) is 7.11 Å². The summed E-state index contributed by atoms with van der Waals surface area (Å²) in [7, 11) is 5.75. The van der Waals surface area contributed by atoms with Crippen molar-refractivity contribution in [2.24, 2.45) is 5.92 Å². The number of benzene rings is 2. The maximum absolute atomic E-state index is 13.0. The van der Waals surface area contributed by atoms with Gasteiger partial charge >= 0.3 is 0 Å². The lowest BCUT2D eigenvalue weighted by molar-refractivity contribution is -0.129. The summed E-state index contributed by atoms with van der Waals surface area (Å²) in [4.78, 5) is 17.2. The topological polar surface area (TPSA) is 42.0 Å². The first-order valence-corrected chi connectivity index (χ1v) is 12.6. The van der Waals surface area contributed by atoms with E-state index in [2.05, 4.69) is 30.8 Å². The predicted octanol–water partition coefficient (Wildman–Crippen LogP) is 5.81. The molecule has 0 heterocycles. The Bertz CT molecular complexity index is 976. The Kier molecular flexibility index (Phi) is 10.4. The molecule has 1 saturated carbocycles. The fraction of sp³-hybridized carbons (Fsp3) is 0.433. The molecular weight excluding hydrogens is 436 g/mol. The number of likely N-dealkylation sites (N-methyl/N-ethyl adjacent to an activating group) is 1. The number of carbonyl (C=O) groups is 1. The van der Waals surface area contributed by atoms with Crippen LogP contribution in [-0.4, -0.2) is 56.0 Å². The number of methoxy groups -OCH3 is 1. The van der Waals surface area contributed by atoms with E-state index in [1.165, 1.54) is 12.8 Å². The molecule has 0 N–H and O–H groups in total. The van der Waals surface area contributed by atoms with Crippen LogP contribution in [-0.2, 0) is 11.4 Å².